The smallest absolute Gasteiger partial charge is 0.231 e. The number of carbonyl (C=O) groups excluding carboxylic acids is 1. The van der Waals surface area contributed by atoms with Gasteiger partial charge in [-0.05, 0) is 47.5 Å². The highest BCUT2D eigenvalue weighted by molar-refractivity contribution is 6.31. The molecule has 3 aromatic carbocycles. The van der Waals surface area contributed by atoms with E-state index in [9.17, 15) is 9.18 Å². The largest absolute Gasteiger partial charge is 0.497 e. The fourth-order valence-electron chi connectivity index (χ4n) is 2.63. The molecule has 0 aliphatic carbocycles. The van der Waals surface area contributed by atoms with Gasteiger partial charge in [0.15, 0.2) is 5.82 Å². The van der Waals surface area contributed by atoms with Gasteiger partial charge in [0.2, 0.25) is 5.91 Å². The number of methoxy groups -OCH3 is 1. The van der Waals surface area contributed by atoms with E-state index in [-0.39, 0.29) is 16.6 Å². The van der Waals surface area contributed by atoms with E-state index in [4.69, 9.17) is 16.3 Å². The van der Waals surface area contributed by atoms with E-state index < -0.39 is 11.7 Å². The first-order valence-electron chi connectivity index (χ1n) is 7.82. The number of anilines is 1. The van der Waals surface area contributed by atoms with Gasteiger partial charge in [-0.25, -0.2) is 4.39 Å². The van der Waals surface area contributed by atoms with E-state index in [1.54, 1.807) is 20.1 Å². The van der Waals surface area contributed by atoms with E-state index in [2.05, 4.69) is 5.32 Å². The van der Waals surface area contributed by atoms with Crippen molar-refractivity contribution in [3.05, 3.63) is 71.0 Å². The Bertz CT molecular complexity index is 942. The van der Waals surface area contributed by atoms with Crippen LogP contribution < -0.4 is 10.1 Å². The molecule has 1 atom stereocenters. The van der Waals surface area contributed by atoms with Gasteiger partial charge in [0, 0.05) is 0 Å². The van der Waals surface area contributed by atoms with E-state index in [1.807, 2.05) is 36.4 Å². The molecule has 3 rings (SSSR count). The van der Waals surface area contributed by atoms with Crippen molar-refractivity contribution in [3.8, 4) is 5.75 Å². The maximum Gasteiger partial charge on any atom is 0.231 e. The van der Waals surface area contributed by atoms with E-state index in [0.717, 1.165) is 22.1 Å². The molecule has 25 heavy (non-hydrogen) atoms. The lowest BCUT2D eigenvalue weighted by atomic mass is 9.97. The molecule has 0 saturated carbocycles. The summed E-state index contributed by atoms with van der Waals surface area (Å²) in [5, 5.41) is 4.61. The van der Waals surface area contributed by atoms with Crippen LogP contribution in [-0.2, 0) is 4.79 Å². The molecule has 0 spiro atoms. The average molecular weight is 358 g/mol. The topological polar surface area (TPSA) is 38.3 Å². The van der Waals surface area contributed by atoms with Crippen LogP contribution in [0.5, 0.6) is 5.75 Å². The Hall–Kier alpha value is -2.59. The average Bonchev–Trinajstić information content (AvgIpc) is 2.63. The number of hydrogen-bond donors (Lipinski definition) is 1. The van der Waals surface area contributed by atoms with Crippen LogP contribution in [0.25, 0.3) is 10.8 Å². The number of carbonyl (C=O) groups is 1. The standard InChI is InChI=1S/C20H17ClFNO2/c1-12(20(24)23-18-5-3-4-17(21)19(18)22)13-6-7-15-11-16(25-2)9-8-14(15)10-13/h3-12H,1-2H3,(H,23,24). The van der Waals surface area contributed by atoms with Crippen LogP contribution in [0.15, 0.2) is 54.6 Å². The first-order chi connectivity index (χ1) is 12.0. The Morgan fingerprint density at radius 2 is 1.84 bits per heavy atom. The van der Waals surface area contributed by atoms with Crippen molar-refractivity contribution in [1.82, 2.24) is 0 Å². The van der Waals surface area contributed by atoms with Gasteiger partial charge in [0.05, 0.1) is 23.7 Å². The predicted octanol–water partition coefficient (Wildman–Crippen LogP) is 5.38. The van der Waals surface area contributed by atoms with Crippen LogP contribution in [0.2, 0.25) is 5.02 Å². The van der Waals surface area contributed by atoms with Crippen molar-refractivity contribution >= 4 is 34.0 Å². The second kappa shape index (κ2) is 7.11. The second-order valence-corrected chi connectivity index (χ2v) is 6.19. The number of rotatable bonds is 4. The van der Waals surface area contributed by atoms with Gasteiger partial charge in [-0.3, -0.25) is 4.79 Å². The minimum Gasteiger partial charge on any atom is -0.497 e. The third-order valence-corrected chi connectivity index (χ3v) is 4.47. The van der Waals surface area contributed by atoms with Crippen LogP contribution >= 0.6 is 11.6 Å². The van der Waals surface area contributed by atoms with Gasteiger partial charge in [-0.2, -0.15) is 0 Å². The fourth-order valence-corrected chi connectivity index (χ4v) is 2.81. The quantitative estimate of drug-likeness (QED) is 0.680. The zero-order valence-electron chi connectivity index (χ0n) is 13.8. The van der Waals surface area contributed by atoms with Crippen molar-refractivity contribution in [2.24, 2.45) is 0 Å². The van der Waals surface area contributed by atoms with Crippen LogP contribution in [0.1, 0.15) is 18.4 Å². The molecule has 0 bridgehead atoms. The summed E-state index contributed by atoms with van der Waals surface area (Å²) in [6, 6.07) is 16.0. The van der Waals surface area contributed by atoms with Gasteiger partial charge in [-0.15, -0.1) is 0 Å². The maximum absolute atomic E-state index is 13.9. The highest BCUT2D eigenvalue weighted by Crippen LogP contribution is 2.27. The molecule has 0 saturated heterocycles. The molecule has 3 nitrogen and oxygen atoms in total. The summed E-state index contributed by atoms with van der Waals surface area (Å²) >= 11 is 5.75. The summed E-state index contributed by atoms with van der Waals surface area (Å²) in [7, 11) is 1.62. The number of ether oxygens (including phenoxy) is 1. The maximum atomic E-state index is 13.9. The van der Waals surface area contributed by atoms with E-state index >= 15 is 0 Å². The SMILES string of the molecule is COc1ccc2cc(C(C)C(=O)Nc3cccc(Cl)c3F)ccc2c1. The highest BCUT2D eigenvalue weighted by atomic mass is 35.5. The third kappa shape index (κ3) is 3.59. The third-order valence-electron chi connectivity index (χ3n) is 4.17. The van der Waals surface area contributed by atoms with Gasteiger partial charge >= 0.3 is 0 Å². The highest BCUT2D eigenvalue weighted by Gasteiger charge is 2.18. The second-order valence-electron chi connectivity index (χ2n) is 5.78. The molecular formula is C20H17ClFNO2. The Morgan fingerprint density at radius 1 is 1.12 bits per heavy atom. The molecule has 0 aliphatic rings. The minimum atomic E-state index is -0.629. The first kappa shape index (κ1) is 17.2. The molecule has 0 heterocycles. The predicted molar refractivity (Wildman–Crippen MR) is 99.0 cm³/mol. The molecule has 5 heteroatoms. The summed E-state index contributed by atoms with van der Waals surface area (Å²) in [6.07, 6.45) is 0. The molecule has 0 radical (unpaired) electrons. The lowest BCUT2D eigenvalue weighted by Gasteiger charge is -2.14. The lowest BCUT2D eigenvalue weighted by molar-refractivity contribution is -0.117. The molecule has 0 aliphatic heterocycles. The Balaban J connectivity index is 1.84. The molecule has 128 valence electrons. The number of benzene rings is 3. The summed E-state index contributed by atoms with van der Waals surface area (Å²) < 4.78 is 19.2. The van der Waals surface area contributed by atoms with Crippen molar-refractivity contribution in [2.75, 3.05) is 12.4 Å². The van der Waals surface area contributed by atoms with Crippen LogP contribution in [-0.4, -0.2) is 13.0 Å². The molecule has 1 amide bonds. The Morgan fingerprint density at radius 3 is 2.60 bits per heavy atom. The zero-order chi connectivity index (χ0) is 18.0. The summed E-state index contributed by atoms with van der Waals surface area (Å²) in [5.74, 6) is -0.586. The van der Waals surface area contributed by atoms with Gasteiger partial charge in [0.1, 0.15) is 5.75 Å². The lowest BCUT2D eigenvalue weighted by Crippen LogP contribution is -2.19. The number of nitrogens with one attached hydrogen (secondary N) is 1. The van der Waals surface area contributed by atoms with E-state index in [0.29, 0.717) is 0 Å². The van der Waals surface area contributed by atoms with Crippen molar-refractivity contribution in [2.45, 2.75) is 12.8 Å². The van der Waals surface area contributed by atoms with Crippen LogP contribution in [0.3, 0.4) is 0 Å². The molecule has 0 aromatic heterocycles. The Kier molecular flexibility index (Phi) is 4.91. The molecule has 0 fully saturated rings. The normalized spacial score (nSPS) is 12.0. The molecule has 1 unspecified atom stereocenters. The number of hydrogen-bond acceptors (Lipinski definition) is 2. The number of halogens is 2. The van der Waals surface area contributed by atoms with Crippen LogP contribution in [0.4, 0.5) is 10.1 Å². The number of amides is 1. The molecular weight excluding hydrogens is 341 g/mol. The van der Waals surface area contributed by atoms with Crippen LogP contribution in [0, 0.1) is 5.82 Å². The molecule has 3 aromatic rings. The minimum absolute atomic E-state index is 0.0231. The zero-order valence-corrected chi connectivity index (χ0v) is 14.6. The fraction of sp³-hybridized carbons (Fsp3) is 0.150. The van der Waals surface area contributed by atoms with E-state index in [1.165, 1.54) is 12.1 Å². The van der Waals surface area contributed by atoms with Gasteiger partial charge in [-0.1, -0.05) is 41.9 Å². The van der Waals surface area contributed by atoms with Gasteiger partial charge < -0.3 is 10.1 Å². The molecule has 1 N–H and O–H groups in total. The van der Waals surface area contributed by atoms with Crippen molar-refractivity contribution in [3.63, 3.8) is 0 Å². The summed E-state index contributed by atoms with van der Waals surface area (Å²) in [6.45, 7) is 1.78. The number of fused-ring (bicyclic) bond motifs is 1. The monoisotopic (exact) mass is 357 g/mol. The van der Waals surface area contributed by atoms with Crippen molar-refractivity contribution in [1.29, 1.82) is 0 Å². The first-order valence-corrected chi connectivity index (χ1v) is 8.20. The van der Waals surface area contributed by atoms with Crippen molar-refractivity contribution < 1.29 is 13.9 Å². The summed E-state index contributed by atoms with van der Waals surface area (Å²) in [5.41, 5.74) is 0.924. The Labute approximate surface area is 150 Å². The summed E-state index contributed by atoms with van der Waals surface area (Å²) in [4.78, 5) is 12.5. The van der Waals surface area contributed by atoms with Gasteiger partial charge in [0.25, 0.3) is 0 Å².